The van der Waals surface area contributed by atoms with E-state index in [9.17, 15) is 4.39 Å². The first-order valence-corrected chi connectivity index (χ1v) is 5.90. The lowest BCUT2D eigenvalue weighted by Crippen LogP contribution is -2.35. The van der Waals surface area contributed by atoms with Crippen molar-refractivity contribution in [1.82, 2.24) is 0 Å². The van der Waals surface area contributed by atoms with Gasteiger partial charge in [-0.2, -0.15) is 0 Å². The molecule has 0 bridgehead atoms. The number of nitrogens with two attached hydrogens (primary N) is 1. The summed E-state index contributed by atoms with van der Waals surface area (Å²) in [4.78, 5) is 0. The molecule has 0 spiro atoms. The van der Waals surface area contributed by atoms with E-state index in [1.54, 1.807) is 6.07 Å². The van der Waals surface area contributed by atoms with Crippen LogP contribution in [-0.2, 0) is 4.74 Å². The van der Waals surface area contributed by atoms with Gasteiger partial charge in [-0.3, -0.25) is 0 Å². The highest BCUT2D eigenvalue weighted by Gasteiger charge is 2.30. The molecule has 3 N–H and O–H groups in total. The molecule has 0 amide bonds. The van der Waals surface area contributed by atoms with Crippen molar-refractivity contribution in [2.24, 2.45) is 0 Å². The number of anilines is 2. The van der Waals surface area contributed by atoms with Gasteiger partial charge in [-0.25, -0.2) is 4.39 Å². The van der Waals surface area contributed by atoms with E-state index in [2.05, 4.69) is 28.2 Å². The Hall–Kier alpha value is -0.810. The fourth-order valence-corrected chi connectivity index (χ4v) is 2.10. The van der Waals surface area contributed by atoms with Crippen LogP contribution < -0.4 is 11.1 Å². The number of benzene rings is 1. The summed E-state index contributed by atoms with van der Waals surface area (Å²) in [7, 11) is 0. The molecule has 0 saturated carbocycles. The number of nitrogen functional groups attached to an aromatic ring is 1. The summed E-state index contributed by atoms with van der Waals surface area (Å²) < 4.78 is 18.9. The lowest BCUT2D eigenvalue weighted by molar-refractivity contribution is 0.185. The average molecular weight is 289 g/mol. The van der Waals surface area contributed by atoms with Crippen LogP contribution in [0, 0.1) is 5.82 Å². The highest BCUT2D eigenvalue weighted by molar-refractivity contribution is 9.10. The Morgan fingerprint density at radius 3 is 2.94 bits per heavy atom. The first-order valence-electron chi connectivity index (χ1n) is 5.11. The number of ether oxygens (including phenoxy) is 1. The largest absolute Gasteiger partial charge is 0.397 e. The van der Waals surface area contributed by atoms with Crippen LogP contribution in [0.3, 0.4) is 0 Å². The van der Waals surface area contributed by atoms with Crippen molar-refractivity contribution in [3.05, 3.63) is 22.4 Å². The van der Waals surface area contributed by atoms with E-state index in [-0.39, 0.29) is 11.4 Å². The molecule has 0 aliphatic carbocycles. The van der Waals surface area contributed by atoms with Gasteiger partial charge >= 0.3 is 0 Å². The third-order valence-corrected chi connectivity index (χ3v) is 3.36. The zero-order chi connectivity index (χ0) is 11.8. The van der Waals surface area contributed by atoms with E-state index in [4.69, 9.17) is 10.5 Å². The van der Waals surface area contributed by atoms with E-state index in [0.717, 1.165) is 18.7 Å². The molecule has 1 heterocycles. The molecule has 0 radical (unpaired) electrons. The normalized spacial score (nSPS) is 24.7. The summed E-state index contributed by atoms with van der Waals surface area (Å²) in [6.07, 6.45) is 0.918. The maximum Gasteiger partial charge on any atom is 0.139 e. The van der Waals surface area contributed by atoms with Crippen molar-refractivity contribution in [3.8, 4) is 0 Å². The Bertz CT molecular complexity index is 405. The van der Waals surface area contributed by atoms with Crippen LogP contribution in [0.5, 0.6) is 0 Å². The lowest BCUT2D eigenvalue weighted by atomic mass is 10.0. The summed E-state index contributed by atoms with van der Waals surface area (Å²) in [6.45, 7) is 3.45. The van der Waals surface area contributed by atoms with Gasteiger partial charge in [0.05, 0.1) is 28.0 Å². The minimum Gasteiger partial charge on any atom is -0.397 e. The lowest BCUT2D eigenvalue weighted by Gasteiger charge is -2.26. The van der Waals surface area contributed by atoms with Gasteiger partial charge in [0.1, 0.15) is 5.82 Å². The highest BCUT2D eigenvalue weighted by Crippen LogP contribution is 2.31. The maximum absolute atomic E-state index is 13.2. The third-order valence-electron chi connectivity index (χ3n) is 2.75. The molecule has 2 rings (SSSR count). The van der Waals surface area contributed by atoms with Crippen LogP contribution in [0.15, 0.2) is 16.6 Å². The third kappa shape index (κ3) is 2.30. The van der Waals surface area contributed by atoms with Crippen LogP contribution in [0.4, 0.5) is 15.8 Å². The first-order chi connectivity index (χ1) is 7.50. The molecule has 1 aromatic rings. The topological polar surface area (TPSA) is 47.3 Å². The van der Waals surface area contributed by atoms with Gasteiger partial charge in [0.25, 0.3) is 0 Å². The van der Waals surface area contributed by atoms with Crippen LogP contribution >= 0.6 is 15.9 Å². The Morgan fingerprint density at radius 2 is 2.31 bits per heavy atom. The SMILES string of the molecule is CC1(Nc2cc(Br)c(F)cc2N)CCOC1. The van der Waals surface area contributed by atoms with E-state index in [1.165, 1.54) is 6.07 Å². The number of hydrogen-bond acceptors (Lipinski definition) is 3. The minimum absolute atomic E-state index is 0.120. The van der Waals surface area contributed by atoms with E-state index >= 15 is 0 Å². The number of nitrogens with one attached hydrogen (secondary N) is 1. The standard InChI is InChI=1S/C11H14BrFN2O/c1-11(2-3-16-6-11)15-10-4-7(12)8(13)5-9(10)14/h4-5,15H,2-3,6,14H2,1H3. The van der Waals surface area contributed by atoms with Crippen LogP contribution in [0.2, 0.25) is 0 Å². The second-order valence-corrected chi connectivity index (χ2v) is 5.20. The first kappa shape index (κ1) is 11.7. The fraction of sp³-hybridized carbons (Fsp3) is 0.455. The molecule has 3 nitrogen and oxygen atoms in total. The van der Waals surface area contributed by atoms with E-state index in [0.29, 0.717) is 16.8 Å². The van der Waals surface area contributed by atoms with Gasteiger partial charge in [-0.1, -0.05) is 0 Å². The monoisotopic (exact) mass is 288 g/mol. The van der Waals surface area contributed by atoms with E-state index < -0.39 is 0 Å². The molecule has 1 atom stereocenters. The molecule has 88 valence electrons. The number of rotatable bonds is 2. The van der Waals surface area contributed by atoms with Crippen molar-refractivity contribution in [1.29, 1.82) is 0 Å². The maximum atomic E-state index is 13.2. The van der Waals surface area contributed by atoms with Crippen LogP contribution in [0.25, 0.3) is 0 Å². The highest BCUT2D eigenvalue weighted by atomic mass is 79.9. The average Bonchev–Trinajstić information content (AvgIpc) is 2.62. The van der Waals surface area contributed by atoms with Crippen molar-refractivity contribution < 1.29 is 9.13 Å². The quantitative estimate of drug-likeness (QED) is 0.823. The van der Waals surface area contributed by atoms with Gasteiger partial charge in [-0.15, -0.1) is 0 Å². The van der Waals surface area contributed by atoms with Crippen LogP contribution in [0.1, 0.15) is 13.3 Å². The fourth-order valence-electron chi connectivity index (χ4n) is 1.76. The molecule has 1 fully saturated rings. The summed E-state index contributed by atoms with van der Waals surface area (Å²) in [6, 6.07) is 2.97. The van der Waals surface area contributed by atoms with Crippen LogP contribution in [-0.4, -0.2) is 18.8 Å². The molecule has 1 unspecified atom stereocenters. The minimum atomic E-state index is -0.351. The van der Waals surface area contributed by atoms with Crippen molar-refractivity contribution in [2.75, 3.05) is 24.3 Å². The Labute approximate surface area is 102 Å². The van der Waals surface area contributed by atoms with Gasteiger partial charge in [-0.05, 0) is 35.3 Å². The summed E-state index contributed by atoms with van der Waals surface area (Å²) in [5.41, 5.74) is 6.79. The zero-order valence-electron chi connectivity index (χ0n) is 9.02. The predicted molar refractivity (Wildman–Crippen MR) is 66.0 cm³/mol. The van der Waals surface area contributed by atoms with Gasteiger partial charge in [0.2, 0.25) is 0 Å². The van der Waals surface area contributed by atoms with Gasteiger partial charge in [0, 0.05) is 12.7 Å². The summed E-state index contributed by atoms with van der Waals surface area (Å²) in [5.74, 6) is -0.351. The smallest absolute Gasteiger partial charge is 0.139 e. The molecule has 5 heteroatoms. The Morgan fingerprint density at radius 1 is 1.56 bits per heavy atom. The molecular formula is C11H14BrFN2O. The second-order valence-electron chi connectivity index (χ2n) is 4.34. The predicted octanol–water partition coefficient (Wildman–Crippen LogP) is 2.76. The van der Waals surface area contributed by atoms with Crippen molar-refractivity contribution in [2.45, 2.75) is 18.9 Å². The molecular weight excluding hydrogens is 275 g/mol. The molecule has 1 saturated heterocycles. The molecule has 16 heavy (non-hydrogen) atoms. The summed E-state index contributed by atoms with van der Waals surface area (Å²) >= 11 is 3.15. The number of halogens is 2. The number of hydrogen-bond donors (Lipinski definition) is 2. The molecule has 0 aromatic heterocycles. The molecule has 1 aromatic carbocycles. The van der Waals surface area contributed by atoms with Crippen molar-refractivity contribution in [3.63, 3.8) is 0 Å². The van der Waals surface area contributed by atoms with Gasteiger partial charge < -0.3 is 15.8 Å². The van der Waals surface area contributed by atoms with Crippen molar-refractivity contribution >= 4 is 27.3 Å². The second kappa shape index (κ2) is 4.22. The Balaban J connectivity index is 2.24. The summed E-state index contributed by atoms with van der Waals surface area (Å²) in [5, 5.41) is 3.31. The molecule has 1 aliphatic heterocycles. The van der Waals surface area contributed by atoms with Gasteiger partial charge in [0.15, 0.2) is 0 Å². The Kier molecular flexibility index (Phi) is 3.08. The zero-order valence-corrected chi connectivity index (χ0v) is 10.6. The van der Waals surface area contributed by atoms with E-state index in [1.807, 2.05) is 0 Å². The molecule has 1 aliphatic rings.